The van der Waals surface area contributed by atoms with Crippen molar-refractivity contribution >= 4 is 23.4 Å². The summed E-state index contributed by atoms with van der Waals surface area (Å²) >= 11 is 6.05. The summed E-state index contributed by atoms with van der Waals surface area (Å²) in [6, 6.07) is 16.5. The molecular weight excluding hydrogens is 360 g/mol. The van der Waals surface area contributed by atoms with Crippen LogP contribution in [0.2, 0.25) is 5.02 Å². The molecule has 1 atom stereocenters. The van der Waals surface area contributed by atoms with Crippen LogP contribution in [-0.2, 0) is 22.6 Å². The van der Waals surface area contributed by atoms with Gasteiger partial charge in [-0.3, -0.25) is 9.59 Å². The molecule has 0 bridgehead atoms. The Labute approximate surface area is 166 Å². The lowest BCUT2D eigenvalue weighted by molar-refractivity contribution is -0.140. The molecule has 1 N–H and O–H groups in total. The summed E-state index contributed by atoms with van der Waals surface area (Å²) in [7, 11) is 0. The molecule has 27 heavy (non-hydrogen) atoms. The second-order valence-corrected chi connectivity index (χ2v) is 6.97. The summed E-state index contributed by atoms with van der Waals surface area (Å²) < 4.78 is 0. The molecule has 0 aromatic heterocycles. The van der Waals surface area contributed by atoms with E-state index in [9.17, 15) is 9.59 Å². The van der Waals surface area contributed by atoms with Gasteiger partial charge in [0.05, 0.1) is 6.42 Å². The van der Waals surface area contributed by atoms with Gasteiger partial charge >= 0.3 is 0 Å². The summed E-state index contributed by atoms with van der Waals surface area (Å²) in [5.41, 5.74) is 1.84. The topological polar surface area (TPSA) is 49.4 Å². The van der Waals surface area contributed by atoms with Gasteiger partial charge in [-0.1, -0.05) is 67.9 Å². The lowest BCUT2D eigenvalue weighted by Crippen LogP contribution is -2.49. The van der Waals surface area contributed by atoms with Gasteiger partial charge in [0, 0.05) is 18.1 Å². The first-order valence-electron chi connectivity index (χ1n) is 9.40. The maximum atomic E-state index is 13.1. The van der Waals surface area contributed by atoms with Crippen molar-refractivity contribution in [3.05, 3.63) is 70.7 Å². The number of benzene rings is 2. The molecule has 0 saturated carbocycles. The number of hydrogen-bond acceptors (Lipinski definition) is 2. The summed E-state index contributed by atoms with van der Waals surface area (Å²) in [4.78, 5) is 27.4. The number of rotatable bonds is 9. The van der Waals surface area contributed by atoms with E-state index in [1.807, 2.05) is 56.3 Å². The van der Waals surface area contributed by atoms with Crippen LogP contribution in [-0.4, -0.2) is 29.3 Å². The number of carbonyl (C=O) groups excluding carboxylic acids is 2. The first kappa shape index (κ1) is 21.0. The fraction of sp³-hybridized carbons (Fsp3) is 0.364. The molecule has 0 fully saturated rings. The van der Waals surface area contributed by atoms with Crippen LogP contribution in [0.4, 0.5) is 0 Å². The molecule has 2 aromatic rings. The lowest BCUT2D eigenvalue weighted by atomic mass is 10.1. The second-order valence-electron chi connectivity index (χ2n) is 6.53. The highest BCUT2D eigenvalue weighted by Gasteiger charge is 2.28. The summed E-state index contributed by atoms with van der Waals surface area (Å²) in [6.45, 7) is 4.95. The Hall–Kier alpha value is -2.33. The fourth-order valence-corrected chi connectivity index (χ4v) is 3.20. The van der Waals surface area contributed by atoms with Crippen LogP contribution in [0.5, 0.6) is 0 Å². The lowest BCUT2D eigenvalue weighted by Gasteiger charge is -2.30. The zero-order chi connectivity index (χ0) is 19.6. The molecule has 0 radical (unpaired) electrons. The predicted octanol–water partition coefficient (Wildman–Crippen LogP) is 4.22. The zero-order valence-corrected chi connectivity index (χ0v) is 16.7. The number of nitrogens with zero attached hydrogens (tertiary/aromatic N) is 1. The van der Waals surface area contributed by atoms with Gasteiger partial charge in [0.15, 0.2) is 0 Å². The van der Waals surface area contributed by atoms with Crippen molar-refractivity contribution in [2.45, 2.75) is 45.7 Å². The van der Waals surface area contributed by atoms with Gasteiger partial charge in [0.25, 0.3) is 0 Å². The van der Waals surface area contributed by atoms with Gasteiger partial charge < -0.3 is 10.2 Å². The van der Waals surface area contributed by atoms with E-state index in [1.165, 1.54) is 0 Å². The number of carbonyl (C=O) groups is 2. The molecule has 0 heterocycles. The minimum Gasteiger partial charge on any atom is -0.354 e. The summed E-state index contributed by atoms with van der Waals surface area (Å²) in [6.07, 6.45) is 1.63. The molecule has 0 saturated heterocycles. The van der Waals surface area contributed by atoms with E-state index in [4.69, 9.17) is 11.6 Å². The first-order chi connectivity index (χ1) is 13.0. The SMILES string of the molecule is CCCNC(=O)[C@@H](CC)N(Cc1ccccc1)C(=O)Cc1cccc(Cl)c1. The van der Waals surface area contributed by atoms with Crippen molar-refractivity contribution in [3.8, 4) is 0 Å². The zero-order valence-electron chi connectivity index (χ0n) is 16.0. The van der Waals surface area contributed by atoms with Crippen LogP contribution in [0.1, 0.15) is 37.8 Å². The summed E-state index contributed by atoms with van der Waals surface area (Å²) in [5, 5.41) is 3.52. The van der Waals surface area contributed by atoms with Gasteiger partial charge in [0.1, 0.15) is 6.04 Å². The van der Waals surface area contributed by atoms with E-state index in [0.717, 1.165) is 17.5 Å². The van der Waals surface area contributed by atoms with E-state index < -0.39 is 6.04 Å². The Morgan fingerprint density at radius 1 is 1.04 bits per heavy atom. The Bertz CT molecular complexity index is 749. The standard InChI is InChI=1S/C22H27ClN2O2/c1-3-13-24-22(27)20(4-2)25(16-17-9-6-5-7-10-17)21(26)15-18-11-8-12-19(23)14-18/h5-12,14,20H,3-4,13,15-16H2,1-2H3,(H,24,27)/t20-/m1/s1. The predicted molar refractivity (Wildman–Crippen MR) is 110 cm³/mol. The molecule has 0 aliphatic heterocycles. The van der Waals surface area contributed by atoms with E-state index in [0.29, 0.717) is 24.5 Å². The van der Waals surface area contributed by atoms with E-state index >= 15 is 0 Å². The Balaban J connectivity index is 2.24. The Kier molecular flexibility index (Phi) is 8.34. The van der Waals surface area contributed by atoms with Gasteiger partial charge in [-0.25, -0.2) is 0 Å². The van der Waals surface area contributed by atoms with Crippen molar-refractivity contribution in [1.29, 1.82) is 0 Å². The third kappa shape index (κ3) is 6.40. The van der Waals surface area contributed by atoms with E-state index in [-0.39, 0.29) is 18.2 Å². The van der Waals surface area contributed by atoms with Crippen molar-refractivity contribution in [3.63, 3.8) is 0 Å². The van der Waals surface area contributed by atoms with Crippen LogP contribution in [0.15, 0.2) is 54.6 Å². The number of nitrogens with one attached hydrogen (secondary N) is 1. The molecule has 2 amide bonds. The molecule has 0 unspecified atom stereocenters. The third-order valence-corrected chi connectivity index (χ3v) is 4.61. The van der Waals surface area contributed by atoms with Crippen molar-refractivity contribution < 1.29 is 9.59 Å². The molecule has 0 spiro atoms. The number of hydrogen-bond donors (Lipinski definition) is 1. The smallest absolute Gasteiger partial charge is 0.242 e. The molecule has 144 valence electrons. The highest BCUT2D eigenvalue weighted by molar-refractivity contribution is 6.30. The molecule has 0 aliphatic rings. The van der Waals surface area contributed by atoms with Crippen LogP contribution >= 0.6 is 11.6 Å². The van der Waals surface area contributed by atoms with Crippen LogP contribution < -0.4 is 5.32 Å². The summed E-state index contributed by atoms with van der Waals surface area (Å²) in [5.74, 6) is -0.186. The molecule has 5 heteroatoms. The maximum Gasteiger partial charge on any atom is 0.242 e. The van der Waals surface area contributed by atoms with Gasteiger partial charge in [-0.05, 0) is 36.1 Å². The van der Waals surface area contributed by atoms with Gasteiger partial charge in [-0.15, -0.1) is 0 Å². The maximum absolute atomic E-state index is 13.1. The van der Waals surface area contributed by atoms with Crippen LogP contribution in [0, 0.1) is 0 Å². The molecule has 2 aromatic carbocycles. The molecular formula is C22H27ClN2O2. The quantitative estimate of drug-likeness (QED) is 0.701. The highest BCUT2D eigenvalue weighted by Crippen LogP contribution is 2.16. The first-order valence-corrected chi connectivity index (χ1v) is 9.78. The fourth-order valence-electron chi connectivity index (χ4n) is 2.99. The van der Waals surface area contributed by atoms with E-state index in [1.54, 1.807) is 17.0 Å². The Morgan fingerprint density at radius 3 is 2.37 bits per heavy atom. The minimum atomic E-state index is -0.497. The van der Waals surface area contributed by atoms with Crippen molar-refractivity contribution in [2.24, 2.45) is 0 Å². The third-order valence-electron chi connectivity index (χ3n) is 4.38. The van der Waals surface area contributed by atoms with Crippen LogP contribution in [0.3, 0.4) is 0 Å². The Morgan fingerprint density at radius 2 is 1.74 bits per heavy atom. The molecule has 0 aliphatic carbocycles. The number of halogens is 1. The second kappa shape index (κ2) is 10.7. The van der Waals surface area contributed by atoms with Gasteiger partial charge in [-0.2, -0.15) is 0 Å². The highest BCUT2D eigenvalue weighted by atomic mass is 35.5. The monoisotopic (exact) mass is 386 g/mol. The van der Waals surface area contributed by atoms with Crippen LogP contribution in [0.25, 0.3) is 0 Å². The van der Waals surface area contributed by atoms with Crippen molar-refractivity contribution in [1.82, 2.24) is 10.2 Å². The number of amides is 2. The molecule has 2 rings (SSSR count). The largest absolute Gasteiger partial charge is 0.354 e. The minimum absolute atomic E-state index is 0.0837. The molecule has 4 nitrogen and oxygen atoms in total. The van der Waals surface area contributed by atoms with E-state index in [2.05, 4.69) is 5.32 Å². The van der Waals surface area contributed by atoms with Crippen molar-refractivity contribution in [2.75, 3.05) is 6.54 Å². The van der Waals surface area contributed by atoms with Gasteiger partial charge in [0.2, 0.25) is 11.8 Å². The average molecular weight is 387 g/mol. The normalized spacial score (nSPS) is 11.7. The average Bonchev–Trinajstić information content (AvgIpc) is 2.67.